The van der Waals surface area contributed by atoms with Crippen LogP contribution in [0.2, 0.25) is 0 Å². The minimum atomic E-state index is 0.645. The van der Waals surface area contributed by atoms with E-state index in [4.69, 9.17) is 10.5 Å². The van der Waals surface area contributed by atoms with Gasteiger partial charge in [-0.2, -0.15) is 9.47 Å². The second kappa shape index (κ2) is 3.90. The van der Waals surface area contributed by atoms with E-state index in [1.807, 2.05) is 19.2 Å². The number of nitrogen functional groups attached to an aromatic ring is 1. The quantitative estimate of drug-likeness (QED) is 0.853. The Hall–Kier alpha value is -1.56. The van der Waals surface area contributed by atoms with Gasteiger partial charge in [0.25, 0.3) is 0 Å². The molecule has 6 heteroatoms. The lowest BCUT2D eigenvalue weighted by atomic mass is 10.4. The van der Waals surface area contributed by atoms with Gasteiger partial charge in [-0.15, -0.1) is 0 Å². The summed E-state index contributed by atoms with van der Waals surface area (Å²) in [5, 5.41) is 4.27. The zero-order valence-corrected chi connectivity index (χ0v) is 9.41. The minimum absolute atomic E-state index is 0.645. The van der Waals surface area contributed by atoms with Crippen LogP contribution in [0.4, 0.5) is 5.69 Å². The molecule has 2 heterocycles. The van der Waals surface area contributed by atoms with Gasteiger partial charge in [0, 0.05) is 12.3 Å². The lowest BCUT2D eigenvalue weighted by Gasteiger charge is -1.95. The molecule has 0 aromatic carbocycles. The molecule has 2 rings (SSSR count). The molecule has 0 amide bonds. The highest BCUT2D eigenvalue weighted by molar-refractivity contribution is 7.05. The van der Waals surface area contributed by atoms with Crippen molar-refractivity contribution < 1.29 is 4.74 Å². The standard InChI is InChI=1S/C9H12N4OS/c1-6-8(10)5-13(11-6)4-7-3-9(14-2)12-15-7/h3,5H,4,10H2,1-2H3. The summed E-state index contributed by atoms with van der Waals surface area (Å²) < 4.78 is 10.9. The van der Waals surface area contributed by atoms with Crippen LogP contribution in [-0.2, 0) is 6.54 Å². The molecule has 0 aliphatic heterocycles. The zero-order valence-electron chi connectivity index (χ0n) is 8.60. The highest BCUT2D eigenvalue weighted by Crippen LogP contribution is 2.17. The molecule has 5 nitrogen and oxygen atoms in total. The van der Waals surface area contributed by atoms with Crippen LogP contribution in [0, 0.1) is 6.92 Å². The molecule has 0 saturated carbocycles. The number of aromatic nitrogens is 3. The highest BCUT2D eigenvalue weighted by atomic mass is 32.1. The molecule has 0 saturated heterocycles. The third-order valence-corrected chi connectivity index (χ3v) is 2.80. The molecule has 2 N–H and O–H groups in total. The number of methoxy groups -OCH3 is 1. The third kappa shape index (κ3) is 2.10. The van der Waals surface area contributed by atoms with Gasteiger partial charge in [-0.25, -0.2) is 0 Å². The smallest absolute Gasteiger partial charge is 0.225 e. The Bertz CT molecular complexity index is 443. The fourth-order valence-electron chi connectivity index (χ4n) is 1.24. The molecule has 0 unspecified atom stereocenters. The minimum Gasteiger partial charge on any atom is -0.480 e. The number of anilines is 1. The van der Waals surface area contributed by atoms with Crippen LogP contribution >= 0.6 is 11.5 Å². The monoisotopic (exact) mass is 224 g/mol. The Morgan fingerprint density at radius 1 is 1.60 bits per heavy atom. The first kappa shape index (κ1) is 9.97. The largest absolute Gasteiger partial charge is 0.480 e. The van der Waals surface area contributed by atoms with Crippen molar-refractivity contribution in [1.29, 1.82) is 0 Å². The van der Waals surface area contributed by atoms with Crippen LogP contribution in [0.15, 0.2) is 12.3 Å². The lowest BCUT2D eigenvalue weighted by Crippen LogP contribution is -1.98. The third-order valence-electron chi connectivity index (χ3n) is 2.05. The summed E-state index contributed by atoms with van der Waals surface area (Å²) in [4.78, 5) is 1.09. The van der Waals surface area contributed by atoms with Crippen LogP contribution in [0.3, 0.4) is 0 Å². The number of aryl methyl sites for hydroxylation is 1. The van der Waals surface area contributed by atoms with Crippen LogP contribution in [-0.4, -0.2) is 21.3 Å². The Morgan fingerprint density at radius 3 is 2.93 bits per heavy atom. The van der Waals surface area contributed by atoms with Crippen LogP contribution < -0.4 is 10.5 Å². The van der Waals surface area contributed by atoms with Gasteiger partial charge in [0.2, 0.25) is 5.88 Å². The van der Waals surface area contributed by atoms with Gasteiger partial charge in [-0.1, -0.05) is 0 Å². The Morgan fingerprint density at radius 2 is 2.40 bits per heavy atom. The molecular weight excluding hydrogens is 212 g/mol. The molecule has 0 spiro atoms. The maximum absolute atomic E-state index is 5.71. The van der Waals surface area contributed by atoms with Crippen molar-refractivity contribution in [2.45, 2.75) is 13.5 Å². The maximum Gasteiger partial charge on any atom is 0.225 e. The molecule has 2 aromatic rings. The highest BCUT2D eigenvalue weighted by Gasteiger charge is 2.05. The molecule has 0 atom stereocenters. The van der Waals surface area contributed by atoms with Crippen molar-refractivity contribution in [3.63, 3.8) is 0 Å². The first-order chi connectivity index (χ1) is 7.19. The molecule has 0 aliphatic rings. The van der Waals surface area contributed by atoms with E-state index in [9.17, 15) is 0 Å². The number of rotatable bonds is 3. The average molecular weight is 224 g/mol. The molecule has 2 aromatic heterocycles. The number of ether oxygens (including phenoxy) is 1. The summed E-state index contributed by atoms with van der Waals surface area (Å²) >= 11 is 1.41. The van der Waals surface area contributed by atoms with Gasteiger partial charge in [0.1, 0.15) is 0 Å². The fourth-order valence-corrected chi connectivity index (χ4v) is 1.92. The van der Waals surface area contributed by atoms with E-state index < -0.39 is 0 Å². The number of nitrogens with two attached hydrogens (primary N) is 1. The van der Waals surface area contributed by atoms with Crippen molar-refractivity contribution in [3.8, 4) is 5.88 Å². The summed E-state index contributed by atoms with van der Waals surface area (Å²) in [5.41, 5.74) is 7.27. The average Bonchev–Trinajstić information content (AvgIpc) is 2.76. The van der Waals surface area contributed by atoms with Crippen LogP contribution in [0.25, 0.3) is 0 Å². The van der Waals surface area contributed by atoms with Gasteiger partial charge >= 0.3 is 0 Å². The number of nitrogens with zero attached hydrogens (tertiary/aromatic N) is 3. The van der Waals surface area contributed by atoms with Gasteiger partial charge in [0.15, 0.2) is 0 Å². The lowest BCUT2D eigenvalue weighted by molar-refractivity contribution is 0.402. The second-order valence-corrected chi connectivity index (χ2v) is 4.09. The first-order valence-electron chi connectivity index (χ1n) is 4.48. The van der Waals surface area contributed by atoms with Gasteiger partial charge in [-0.05, 0) is 18.5 Å². The molecule has 0 radical (unpaired) electrons. The fraction of sp³-hybridized carbons (Fsp3) is 0.333. The number of hydrogen-bond acceptors (Lipinski definition) is 5. The Kier molecular flexibility index (Phi) is 2.59. The normalized spacial score (nSPS) is 10.5. The maximum atomic E-state index is 5.71. The van der Waals surface area contributed by atoms with E-state index in [0.717, 1.165) is 10.6 Å². The number of hydrogen-bond donors (Lipinski definition) is 1. The molecule has 0 fully saturated rings. The van der Waals surface area contributed by atoms with E-state index in [0.29, 0.717) is 18.1 Å². The van der Waals surface area contributed by atoms with Crippen LogP contribution in [0.5, 0.6) is 5.88 Å². The summed E-state index contributed by atoms with van der Waals surface area (Å²) in [6, 6.07) is 1.90. The predicted octanol–water partition coefficient (Wildman–Crippen LogP) is 1.29. The molecule has 0 bridgehead atoms. The van der Waals surface area contributed by atoms with Gasteiger partial charge < -0.3 is 10.5 Å². The summed E-state index contributed by atoms with van der Waals surface area (Å²) in [6.45, 7) is 2.57. The SMILES string of the molecule is COc1cc(Cn2cc(N)c(C)n2)sn1. The van der Waals surface area contributed by atoms with Crippen molar-refractivity contribution >= 4 is 17.2 Å². The van der Waals surface area contributed by atoms with Gasteiger partial charge in [-0.3, -0.25) is 4.68 Å². The summed E-state index contributed by atoms with van der Waals surface area (Å²) in [7, 11) is 1.61. The first-order valence-corrected chi connectivity index (χ1v) is 5.25. The molecule has 80 valence electrons. The van der Waals surface area contributed by atoms with E-state index in [-0.39, 0.29) is 0 Å². The van der Waals surface area contributed by atoms with Crippen molar-refractivity contribution in [3.05, 3.63) is 22.8 Å². The summed E-state index contributed by atoms with van der Waals surface area (Å²) in [6.07, 6.45) is 1.82. The molecular formula is C9H12N4OS. The van der Waals surface area contributed by atoms with Crippen molar-refractivity contribution in [2.75, 3.05) is 12.8 Å². The Balaban J connectivity index is 2.14. The van der Waals surface area contributed by atoms with Crippen LogP contribution in [0.1, 0.15) is 10.6 Å². The topological polar surface area (TPSA) is 66.0 Å². The van der Waals surface area contributed by atoms with Crippen molar-refractivity contribution in [1.82, 2.24) is 14.2 Å². The van der Waals surface area contributed by atoms with Crippen molar-refractivity contribution in [2.24, 2.45) is 0 Å². The van der Waals surface area contributed by atoms with E-state index >= 15 is 0 Å². The van der Waals surface area contributed by atoms with E-state index in [1.165, 1.54) is 11.5 Å². The molecule has 15 heavy (non-hydrogen) atoms. The van der Waals surface area contributed by atoms with E-state index in [1.54, 1.807) is 11.8 Å². The predicted molar refractivity (Wildman–Crippen MR) is 59.1 cm³/mol. The van der Waals surface area contributed by atoms with Gasteiger partial charge in [0.05, 0.1) is 29.9 Å². The second-order valence-electron chi connectivity index (χ2n) is 3.20. The molecule has 0 aliphatic carbocycles. The van der Waals surface area contributed by atoms with E-state index in [2.05, 4.69) is 9.47 Å². The zero-order chi connectivity index (χ0) is 10.8. The summed E-state index contributed by atoms with van der Waals surface area (Å²) in [5.74, 6) is 0.645. The Labute approximate surface area is 91.6 Å².